The summed E-state index contributed by atoms with van der Waals surface area (Å²) in [5.41, 5.74) is 2.07. The lowest BCUT2D eigenvalue weighted by Crippen LogP contribution is -2.15. The van der Waals surface area contributed by atoms with Crippen molar-refractivity contribution in [3.05, 3.63) is 29.3 Å². The lowest BCUT2D eigenvalue weighted by molar-refractivity contribution is 0.197. The van der Waals surface area contributed by atoms with Gasteiger partial charge < -0.3 is 9.84 Å². The molecule has 1 aromatic carbocycles. The van der Waals surface area contributed by atoms with Crippen molar-refractivity contribution in [3.63, 3.8) is 0 Å². The number of rotatable bonds is 4. The highest BCUT2D eigenvalue weighted by molar-refractivity contribution is 5.36. The lowest BCUT2D eigenvalue weighted by atomic mass is 9.90. The Hall–Kier alpha value is -1.02. The summed E-state index contributed by atoms with van der Waals surface area (Å²) in [5.74, 6) is 1.69. The monoisotopic (exact) mass is 248 g/mol. The Morgan fingerprint density at radius 3 is 2.61 bits per heavy atom. The highest BCUT2D eigenvalue weighted by Gasteiger charge is 2.14. The van der Waals surface area contributed by atoms with Crippen LogP contribution in [-0.2, 0) is 0 Å². The molecule has 0 radical (unpaired) electrons. The second-order valence-electron chi connectivity index (χ2n) is 5.52. The predicted molar refractivity (Wildman–Crippen MR) is 73.9 cm³/mol. The van der Waals surface area contributed by atoms with E-state index in [1.54, 1.807) is 6.92 Å². The molecule has 1 aromatic rings. The fourth-order valence-corrected chi connectivity index (χ4v) is 2.66. The first-order valence-corrected chi connectivity index (χ1v) is 7.08. The van der Waals surface area contributed by atoms with Crippen LogP contribution in [0.1, 0.15) is 56.3 Å². The number of aliphatic hydroxyl groups is 1. The van der Waals surface area contributed by atoms with Crippen LogP contribution in [0.25, 0.3) is 0 Å². The van der Waals surface area contributed by atoms with Gasteiger partial charge in [-0.15, -0.1) is 0 Å². The highest BCUT2D eigenvalue weighted by Crippen LogP contribution is 2.27. The van der Waals surface area contributed by atoms with Crippen LogP contribution < -0.4 is 4.74 Å². The molecular weight excluding hydrogens is 224 g/mol. The molecule has 1 atom stereocenters. The number of benzene rings is 1. The van der Waals surface area contributed by atoms with Crippen LogP contribution in [0, 0.1) is 12.8 Å². The molecule has 0 heterocycles. The summed E-state index contributed by atoms with van der Waals surface area (Å²) in [7, 11) is 0. The Labute approximate surface area is 110 Å². The molecule has 1 fully saturated rings. The van der Waals surface area contributed by atoms with Gasteiger partial charge in [0.2, 0.25) is 0 Å². The topological polar surface area (TPSA) is 29.5 Å². The molecule has 100 valence electrons. The number of aliphatic hydroxyl groups excluding tert-OH is 1. The Morgan fingerprint density at radius 2 is 2.00 bits per heavy atom. The summed E-state index contributed by atoms with van der Waals surface area (Å²) in [6.07, 6.45) is 6.31. The van der Waals surface area contributed by atoms with Crippen molar-refractivity contribution in [2.75, 3.05) is 6.61 Å². The number of ether oxygens (including phenoxy) is 1. The molecule has 0 aliphatic heterocycles. The van der Waals surface area contributed by atoms with Crippen LogP contribution in [-0.4, -0.2) is 11.7 Å². The molecule has 0 spiro atoms. The molecule has 1 aliphatic carbocycles. The van der Waals surface area contributed by atoms with E-state index < -0.39 is 6.10 Å². The van der Waals surface area contributed by atoms with Crippen LogP contribution in [0.15, 0.2) is 18.2 Å². The maximum Gasteiger partial charge on any atom is 0.122 e. The molecule has 0 aromatic heterocycles. The first-order chi connectivity index (χ1) is 8.66. The summed E-state index contributed by atoms with van der Waals surface area (Å²) < 4.78 is 5.93. The van der Waals surface area contributed by atoms with Crippen molar-refractivity contribution in [2.24, 2.45) is 5.92 Å². The van der Waals surface area contributed by atoms with E-state index >= 15 is 0 Å². The Kier molecular flexibility index (Phi) is 4.65. The van der Waals surface area contributed by atoms with Crippen LogP contribution in [0.2, 0.25) is 0 Å². The van der Waals surface area contributed by atoms with Gasteiger partial charge in [0.1, 0.15) is 5.75 Å². The van der Waals surface area contributed by atoms with Gasteiger partial charge in [0, 0.05) is 0 Å². The molecule has 2 rings (SSSR count). The Bertz CT molecular complexity index is 379. The molecular formula is C16H24O2. The largest absolute Gasteiger partial charge is 0.493 e. The molecule has 2 nitrogen and oxygen atoms in total. The molecule has 1 saturated carbocycles. The normalized spacial score (nSPS) is 18.6. The summed E-state index contributed by atoms with van der Waals surface area (Å²) in [5, 5.41) is 9.53. The molecule has 1 N–H and O–H groups in total. The van der Waals surface area contributed by atoms with Gasteiger partial charge in [0.05, 0.1) is 12.7 Å². The summed E-state index contributed by atoms with van der Waals surface area (Å²) in [6, 6.07) is 5.95. The summed E-state index contributed by atoms with van der Waals surface area (Å²) in [4.78, 5) is 0. The van der Waals surface area contributed by atoms with Crippen molar-refractivity contribution in [1.29, 1.82) is 0 Å². The standard InChI is InChI=1S/C16H24O2/c1-12-10-15(13(2)17)8-9-16(12)18-11-14-6-4-3-5-7-14/h8-10,13-14,17H,3-7,11H2,1-2H3/t13-/m1/s1. The van der Waals surface area contributed by atoms with Gasteiger partial charge in [-0.3, -0.25) is 0 Å². The Balaban J connectivity index is 1.92. The van der Waals surface area contributed by atoms with Gasteiger partial charge in [0.15, 0.2) is 0 Å². The molecule has 1 aliphatic rings. The zero-order chi connectivity index (χ0) is 13.0. The van der Waals surface area contributed by atoms with Crippen molar-refractivity contribution >= 4 is 0 Å². The van der Waals surface area contributed by atoms with Crippen LogP contribution >= 0.6 is 0 Å². The van der Waals surface area contributed by atoms with Gasteiger partial charge in [-0.05, 0) is 55.9 Å². The zero-order valence-electron chi connectivity index (χ0n) is 11.5. The Morgan fingerprint density at radius 1 is 1.28 bits per heavy atom. The van der Waals surface area contributed by atoms with Gasteiger partial charge in [-0.2, -0.15) is 0 Å². The predicted octanol–water partition coefficient (Wildman–Crippen LogP) is 4.01. The minimum absolute atomic E-state index is 0.406. The second-order valence-corrected chi connectivity index (χ2v) is 5.52. The average molecular weight is 248 g/mol. The number of hydrogen-bond acceptors (Lipinski definition) is 2. The lowest BCUT2D eigenvalue weighted by Gasteiger charge is -2.22. The summed E-state index contributed by atoms with van der Waals surface area (Å²) >= 11 is 0. The van der Waals surface area contributed by atoms with E-state index in [4.69, 9.17) is 4.74 Å². The SMILES string of the molecule is Cc1cc([C@@H](C)O)ccc1OCC1CCCCC1. The maximum atomic E-state index is 9.53. The van der Waals surface area contributed by atoms with E-state index in [9.17, 15) is 5.11 Å². The fraction of sp³-hybridized carbons (Fsp3) is 0.625. The number of aryl methyl sites for hydroxylation is 1. The molecule has 18 heavy (non-hydrogen) atoms. The zero-order valence-corrected chi connectivity index (χ0v) is 11.5. The van der Waals surface area contributed by atoms with Crippen molar-refractivity contribution in [2.45, 2.75) is 52.1 Å². The van der Waals surface area contributed by atoms with Crippen molar-refractivity contribution in [3.8, 4) is 5.75 Å². The quantitative estimate of drug-likeness (QED) is 0.872. The maximum absolute atomic E-state index is 9.53. The molecule has 2 heteroatoms. The van der Waals surface area contributed by atoms with E-state index in [1.807, 2.05) is 25.1 Å². The minimum atomic E-state index is -0.406. The van der Waals surface area contributed by atoms with Gasteiger partial charge in [0.25, 0.3) is 0 Å². The minimum Gasteiger partial charge on any atom is -0.493 e. The van der Waals surface area contributed by atoms with Crippen LogP contribution in [0.5, 0.6) is 5.75 Å². The second kappa shape index (κ2) is 6.24. The third-order valence-corrected chi connectivity index (χ3v) is 3.88. The third-order valence-electron chi connectivity index (χ3n) is 3.88. The molecule has 0 unspecified atom stereocenters. The van der Waals surface area contributed by atoms with Gasteiger partial charge in [-0.1, -0.05) is 25.3 Å². The van der Waals surface area contributed by atoms with Crippen LogP contribution in [0.4, 0.5) is 0 Å². The highest BCUT2D eigenvalue weighted by atomic mass is 16.5. The fourth-order valence-electron chi connectivity index (χ4n) is 2.66. The van der Waals surface area contributed by atoms with Crippen LogP contribution in [0.3, 0.4) is 0 Å². The van der Waals surface area contributed by atoms with Gasteiger partial charge >= 0.3 is 0 Å². The van der Waals surface area contributed by atoms with E-state index in [0.29, 0.717) is 0 Å². The van der Waals surface area contributed by atoms with Crippen molar-refractivity contribution < 1.29 is 9.84 Å². The van der Waals surface area contributed by atoms with E-state index in [-0.39, 0.29) is 0 Å². The first kappa shape index (κ1) is 13.4. The van der Waals surface area contributed by atoms with E-state index in [0.717, 1.165) is 29.4 Å². The van der Waals surface area contributed by atoms with Gasteiger partial charge in [-0.25, -0.2) is 0 Å². The number of hydrogen-bond donors (Lipinski definition) is 1. The smallest absolute Gasteiger partial charge is 0.122 e. The third kappa shape index (κ3) is 3.49. The van der Waals surface area contributed by atoms with Crippen molar-refractivity contribution in [1.82, 2.24) is 0 Å². The molecule has 0 bridgehead atoms. The van der Waals surface area contributed by atoms with E-state index in [1.165, 1.54) is 32.1 Å². The molecule has 0 amide bonds. The summed E-state index contributed by atoms with van der Waals surface area (Å²) in [6.45, 7) is 4.67. The van der Waals surface area contributed by atoms with E-state index in [2.05, 4.69) is 0 Å². The molecule has 0 saturated heterocycles. The average Bonchev–Trinajstić information content (AvgIpc) is 2.38. The first-order valence-electron chi connectivity index (χ1n) is 7.08.